The molecule has 0 bridgehead atoms. The van der Waals surface area contributed by atoms with Gasteiger partial charge in [0.25, 0.3) is 0 Å². The third-order valence-corrected chi connectivity index (χ3v) is 15.3. The van der Waals surface area contributed by atoms with Crippen molar-refractivity contribution >= 4 is 13.3 Å². The minimum atomic E-state index is -1.68. The third kappa shape index (κ3) is 11.5. The molecule has 0 N–H and O–H groups in total. The van der Waals surface area contributed by atoms with Gasteiger partial charge in [0, 0.05) is 0 Å². The Balaban J connectivity index is 4.50. The Morgan fingerprint density at radius 2 is 1.05 bits per heavy atom. The minimum absolute atomic E-state index is 1.34. The molecule has 0 saturated carbocycles. The van der Waals surface area contributed by atoms with E-state index in [1.165, 1.54) is 70.6 Å². The van der Waals surface area contributed by atoms with Crippen LogP contribution in [0.4, 0.5) is 0 Å². The zero-order valence-corrected chi connectivity index (χ0v) is 17.7. The zero-order chi connectivity index (χ0) is 15.8. The molecular weight excluding hydrogens is 313 g/mol. The molecule has 0 aromatic heterocycles. The Bertz CT molecular complexity index is 210. The van der Waals surface area contributed by atoms with Crippen LogP contribution in [0.1, 0.15) is 98.3 Å². The Kier molecular flexibility index (Phi) is 15.4. The average molecular weight is 355 g/mol. The van der Waals surface area contributed by atoms with Crippen molar-refractivity contribution in [3.05, 3.63) is 11.0 Å². The van der Waals surface area contributed by atoms with Crippen molar-refractivity contribution in [3.8, 4) is 0 Å². The fraction of sp³-hybridized carbons (Fsp3) is 0.900. The fourth-order valence-electron chi connectivity index (χ4n) is 3.23. The number of rotatable bonds is 15. The average Bonchev–Trinajstić information content (AvgIpc) is 2.51. The first-order chi connectivity index (χ1) is 10.2. The first-order valence-electron chi connectivity index (χ1n) is 9.92. The van der Waals surface area contributed by atoms with Crippen LogP contribution in [0.25, 0.3) is 0 Å². The fourth-order valence-corrected chi connectivity index (χ4v) is 13.9. The van der Waals surface area contributed by atoms with Gasteiger partial charge in [-0.05, 0) is 0 Å². The van der Waals surface area contributed by atoms with Gasteiger partial charge in [-0.2, -0.15) is 0 Å². The Labute approximate surface area is 138 Å². The van der Waals surface area contributed by atoms with Gasteiger partial charge in [-0.3, -0.25) is 0 Å². The van der Waals surface area contributed by atoms with Crippen LogP contribution in [0.5, 0.6) is 0 Å². The van der Waals surface area contributed by atoms with Gasteiger partial charge in [-0.15, -0.1) is 0 Å². The van der Waals surface area contributed by atoms with E-state index in [0.29, 0.717) is 0 Å². The Hall–Kier alpha value is 0.283. The van der Waals surface area contributed by atoms with E-state index >= 15 is 0 Å². The molecule has 0 rings (SSSR count). The van der Waals surface area contributed by atoms with Crippen LogP contribution in [0.3, 0.4) is 0 Å². The van der Waals surface area contributed by atoms with Gasteiger partial charge in [0.1, 0.15) is 0 Å². The molecule has 0 heterocycles. The molecule has 0 aliphatic heterocycles. The number of hydrogen-bond donors (Lipinski definition) is 0. The maximum atomic E-state index is 2.83. The van der Waals surface area contributed by atoms with Gasteiger partial charge in [-0.1, -0.05) is 0 Å². The molecule has 1 heteroatoms. The van der Waals surface area contributed by atoms with Crippen LogP contribution in [-0.4, -0.2) is 13.3 Å². The molecular formula is C20H42Ge. The summed E-state index contributed by atoms with van der Waals surface area (Å²) >= 11 is -1.68. The molecule has 0 fully saturated rings. The van der Waals surface area contributed by atoms with Crippen molar-refractivity contribution in [3.63, 3.8) is 0 Å². The summed E-state index contributed by atoms with van der Waals surface area (Å²) in [5, 5.41) is 4.80. The monoisotopic (exact) mass is 356 g/mol. The maximum absolute atomic E-state index is 2.83. The molecule has 0 radical (unpaired) electrons. The number of allylic oxidation sites excluding steroid dienone is 1. The molecule has 0 aliphatic carbocycles. The molecule has 0 aromatic rings. The first kappa shape index (κ1) is 21.3. The van der Waals surface area contributed by atoms with Crippen LogP contribution in [0, 0.1) is 0 Å². The second-order valence-electron chi connectivity index (χ2n) is 6.92. The van der Waals surface area contributed by atoms with E-state index < -0.39 is 13.3 Å². The molecule has 126 valence electrons. The first-order valence-corrected chi connectivity index (χ1v) is 15.6. The molecule has 0 nitrogen and oxygen atoms in total. The van der Waals surface area contributed by atoms with E-state index in [2.05, 4.69) is 38.7 Å². The summed E-state index contributed by atoms with van der Waals surface area (Å²) in [5.41, 5.74) is 0. The van der Waals surface area contributed by atoms with Crippen molar-refractivity contribution in [2.75, 3.05) is 0 Å². The normalized spacial score (nSPS) is 12.4. The Morgan fingerprint density at radius 1 is 0.571 bits per heavy atom. The summed E-state index contributed by atoms with van der Waals surface area (Å²) in [4.78, 5) is 2.83. The molecule has 0 saturated heterocycles. The Morgan fingerprint density at radius 3 is 1.48 bits per heavy atom. The van der Waals surface area contributed by atoms with Gasteiger partial charge in [0.05, 0.1) is 0 Å². The van der Waals surface area contributed by atoms with Gasteiger partial charge < -0.3 is 0 Å². The van der Waals surface area contributed by atoms with Crippen LogP contribution in [0.15, 0.2) is 11.0 Å². The molecule has 0 amide bonds. The predicted octanol–water partition coefficient (Wildman–Crippen LogP) is 7.90. The summed E-state index contributed by atoms with van der Waals surface area (Å²) in [6, 6.07) is 0. The SMILES string of the molecule is CCCCCC/C=[CH]/[Ge]([CH2]CCC)([CH2]CCC)[CH2]CCC. The van der Waals surface area contributed by atoms with Crippen molar-refractivity contribution in [2.45, 2.75) is 114 Å². The van der Waals surface area contributed by atoms with E-state index in [1.54, 1.807) is 15.8 Å². The van der Waals surface area contributed by atoms with Crippen LogP contribution in [0.2, 0.25) is 15.8 Å². The molecule has 21 heavy (non-hydrogen) atoms. The molecule has 0 aliphatic rings. The molecule has 0 spiro atoms. The standard InChI is InChI=1S/C20H42Ge/c1-5-9-13-14-15-16-20-21(17-10-6-2,18-11-7-3)19-12-8-4/h16,20H,5-15,17-19H2,1-4H3/b20-16+. The molecule has 0 atom stereocenters. The molecule has 0 unspecified atom stereocenters. The molecule has 0 aromatic carbocycles. The summed E-state index contributed by atoms with van der Waals surface area (Å²) in [6.45, 7) is 9.39. The third-order valence-electron chi connectivity index (χ3n) is 4.78. The van der Waals surface area contributed by atoms with E-state index in [9.17, 15) is 0 Å². The van der Waals surface area contributed by atoms with E-state index in [4.69, 9.17) is 0 Å². The van der Waals surface area contributed by atoms with Crippen LogP contribution >= 0.6 is 0 Å². The quantitative estimate of drug-likeness (QED) is 0.207. The van der Waals surface area contributed by atoms with Gasteiger partial charge >= 0.3 is 138 Å². The van der Waals surface area contributed by atoms with Crippen molar-refractivity contribution in [1.29, 1.82) is 0 Å². The van der Waals surface area contributed by atoms with Crippen LogP contribution in [-0.2, 0) is 0 Å². The van der Waals surface area contributed by atoms with Crippen molar-refractivity contribution in [2.24, 2.45) is 0 Å². The summed E-state index contributed by atoms with van der Waals surface area (Å²) in [6.07, 6.45) is 18.2. The number of hydrogen-bond acceptors (Lipinski definition) is 0. The zero-order valence-electron chi connectivity index (χ0n) is 15.6. The summed E-state index contributed by atoms with van der Waals surface area (Å²) < 4.78 is 0. The van der Waals surface area contributed by atoms with Gasteiger partial charge in [-0.25, -0.2) is 0 Å². The van der Waals surface area contributed by atoms with E-state index in [1.807, 2.05) is 0 Å². The van der Waals surface area contributed by atoms with E-state index in [-0.39, 0.29) is 0 Å². The second kappa shape index (κ2) is 15.2. The summed E-state index contributed by atoms with van der Waals surface area (Å²) in [7, 11) is 0. The topological polar surface area (TPSA) is 0 Å². The van der Waals surface area contributed by atoms with Crippen molar-refractivity contribution < 1.29 is 0 Å². The number of unbranched alkanes of at least 4 members (excludes halogenated alkanes) is 7. The van der Waals surface area contributed by atoms with E-state index in [0.717, 1.165) is 0 Å². The summed E-state index contributed by atoms with van der Waals surface area (Å²) in [5.74, 6) is 0. The second-order valence-corrected chi connectivity index (χ2v) is 16.5. The van der Waals surface area contributed by atoms with Crippen LogP contribution < -0.4 is 0 Å². The predicted molar refractivity (Wildman–Crippen MR) is 103 cm³/mol. The van der Waals surface area contributed by atoms with Gasteiger partial charge in [0.15, 0.2) is 0 Å². The van der Waals surface area contributed by atoms with Crippen molar-refractivity contribution in [1.82, 2.24) is 0 Å². The van der Waals surface area contributed by atoms with Gasteiger partial charge in [0.2, 0.25) is 0 Å².